The van der Waals surface area contributed by atoms with Crippen LogP contribution in [-0.4, -0.2) is 28.0 Å². The Morgan fingerprint density at radius 3 is 2.67 bits per heavy atom. The Morgan fingerprint density at radius 1 is 1.21 bits per heavy atom. The predicted molar refractivity (Wildman–Crippen MR) is 91.3 cm³/mol. The van der Waals surface area contributed by atoms with Crippen LogP contribution in [0.2, 0.25) is 0 Å². The second-order valence-corrected chi connectivity index (χ2v) is 4.98. The Labute approximate surface area is 136 Å². The Hall–Kier alpha value is -3.48. The summed E-state index contributed by atoms with van der Waals surface area (Å²) in [4.78, 5) is 34.5. The van der Waals surface area contributed by atoms with Gasteiger partial charge in [0.1, 0.15) is 0 Å². The zero-order valence-electron chi connectivity index (χ0n) is 12.8. The number of aromatic nitrogens is 3. The van der Waals surface area contributed by atoms with Crippen molar-refractivity contribution in [1.29, 1.82) is 0 Å². The highest BCUT2D eigenvalue weighted by Crippen LogP contribution is 2.17. The lowest BCUT2D eigenvalue weighted by Crippen LogP contribution is -2.15. The minimum Gasteiger partial charge on any atom is -0.464 e. The van der Waals surface area contributed by atoms with Crippen molar-refractivity contribution in [2.24, 2.45) is 0 Å². The number of nitrogen functional groups attached to an aromatic ring is 1. The number of fused-ring (bicyclic) bond motifs is 1. The fourth-order valence-corrected chi connectivity index (χ4v) is 2.28. The first kappa shape index (κ1) is 15.4. The van der Waals surface area contributed by atoms with Crippen molar-refractivity contribution < 1.29 is 9.53 Å². The van der Waals surface area contributed by atoms with Crippen molar-refractivity contribution in [2.75, 3.05) is 12.8 Å². The number of nitrogens with two attached hydrogens (primary N) is 1. The topological polar surface area (TPSA) is 111 Å². The van der Waals surface area contributed by atoms with Crippen molar-refractivity contribution in [1.82, 2.24) is 15.0 Å². The summed E-state index contributed by atoms with van der Waals surface area (Å²) in [5, 5.41) is 0.254. The average molecular weight is 322 g/mol. The van der Waals surface area contributed by atoms with Crippen LogP contribution in [0.15, 0.2) is 41.2 Å². The number of esters is 1. The van der Waals surface area contributed by atoms with E-state index in [4.69, 9.17) is 10.5 Å². The minimum absolute atomic E-state index is 0.0511. The summed E-state index contributed by atoms with van der Waals surface area (Å²) in [6, 6.07) is 11.0. The van der Waals surface area contributed by atoms with Crippen LogP contribution in [-0.2, 0) is 4.74 Å². The van der Waals surface area contributed by atoms with Gasteiger partial charge in [0.2, 0.25) is 5.95 Å². The molecule has 3 aromatic rings. The molecule has 0 atom stereocenters. The lowest BCUT2D eigenvalue weighted by Gasteiger charge is -2.05. The molecule has 7 nitrogen and oxygen atoms in total. The van der Waals surface area contributed by atoms with Gasteiger partial charge in [-0.05, 0) is 17.2 Å². The third kappa shape index (κ3) is 3.00. The number of carbonyl (C=O) groups is 1. The number of nitrogens with zero attached hydrogens (tertiary/aromatic N) is 2. The van der Waals surface area contributed by atoms with Crippen molar-refractivity contribution >= 4 is 35.1 Å². The van der Waals surface area contributed by atoms with Gasteiger partial charge in [-0.3, -0.25) is 9.78 Å². The SMILES string of the molecule is COC(=O)c1cc(/C=C/c2ccccc2)c2c(=O)[nH]c(N)nc2n1. The summed E-state index contributed by atoms with van der Waals surface area (Å²) >= 11 is 0. The highest BCUT2D eigenvalue weighted by Gasteiger charge is 2.15. The smallest absolute Gasteiger partial charge is 0.356 e. The molecule has 7 heteroatoms. The normalized spacial score (nSPS) is 11.0. The average Bonchev–Trinajstić information content (AvgIpc) is 2.59. The Balaban J connectivity index is 2.22. The number of benzene rings is 1. The molecule has 2 heterocycles. The van der Waals surface area contributed by atoms with E-state index in [1.54, 1.807) is 6.08 Å². The number of ether oxygens (including phenoxy) is 1. The number of anilines is 1. The third-order valence-electron chi connectivity index (χ3n) is 3.38. The predicted octanol–water partition coefficient (Wildman–Crippen LogP) is 1.86. The van der Waals surface area contributed by atoms with Gasteiger partial charge in [-0.1, -0.05) is 42.5 Å². The first-order valence-corrected chi connectivity index (χ1v) is 7.10. The summed E-state index contributed by atoms with van der Waals surface area (Å²) in [7, 11) is 1.26. The minimum atomic E-state index is -0.619. The number of carbonyl (C=O) groups excluding carboxylic acids is 1. The monoisotopic (exact) mass is 322 g/mol. The van der Waals surface area contributed by atoms with Crippen LogP contribution in [0.5, 0.6) is 0 Å². The number of H-pyrrole nitrogens is 1. The van der Waals surface area contributed by atoms with E-state index < -0.39 is 11.5 Å². The maximum Gasteiger partial charge on any atom is 0.356 e. The standard InChI is InChI=1S/C17H14N4O3/c1-24-16(23)12-9-11(8-7-10-5-3-2-4-6-10)13-14(19-12)20-17(18)21-15(13)22/h2-9H,1H3,(H3,18,19,20,21,22)/b8-7+. The van der Waals surface area contributed by atoms with Crippen LogP contribution in [0.3, 0.4) is 0 Å². The molecule has 24 heavy (non-hydrogen) atoms. The summed E-state index contributed by atoms with van der Waals surface area (Å²) in [5.74, 6) is -0.688. The molecule has 0 bridgehead atoms. The maximum absolute atomic E-state index is 12.2. The van der Waals surface area contributed by atoms with Crippen molar-refractivity contribution in [2.45, 2.75) is 0 Å². The molecule has 3 rings (SSSR count). The van der Waals surface area contributed by atoms with Gasteiger partial charge < -0.3 is 10.5 Å². The molecule has 0 saturated carbocycles. The first-order chi connectivity index (χ1) is 11.6. The van der Waals surface area contributed by atoms with Crippen LogP contribution in [0, 0.1) is 0 Å². The van der Waals surface area contributed by atoms with E-state index >= 15 is 0 Å². The van der Waals surface area contributed by atoms with E-state index in [9.17, 15) is 9.59 Å². The quantitative estimate of drug-likeness (QED) is 0.712. The fourth-order valence-electron chi connectivity index (χ4n) is 2.28. The van der Waals surface area contributed by atoms with Gasteiger partial charge in [0.25, 0.3) is 5.56 Å². The van der Waals surface area contributed by atoms with Gasteiger partial charge in [0.15, 0.2) is 11.3 Å². The summed E-state index contributed by atoms with van der Waals surface area (Å²) < 4.78 is 4.69. The van der Waals surface area contributed by atoms with Gasteiger partial charge in [0, 0.05) is 0 Å². The van der Waals surface area contributed by atoms with Crippen LogP contribution >= 0.6 is 0 Å². The lowest BCUT2D eigenvalue weighted by molar-refractivity contribution is 0.0594. The summed E-state index contributed by atoms with van der Waals surface area (Å²) in [5.41, 5.74) is 6.72. The number of aromatic amines is 1. The first-order valence-electron chi connectivity index (χ1n) is 7.10. The van der Waals surface area contributed by atoms with E-state index in [0.717, 1.165) is 5.56 Å². The third-order valence-corrected chi connectivity index (χ3v) is 3.38. The van der Waals surface area contributed by atoms with Crippen molar-refractivity contribution in [3.8, 4) is 0 Å². The number of nitrogens with one attached hydrogen (secondary N) is 1. The van der Waals surface area contributed by atoms with E-state index in [0.29, 0.717) is 5.56 Å². The van der Waals surface area contributed by atoms with Gasteiger partial charge in [-0.25, -0.2) is 9.78 Å². The van der Waals surface area contributed by atoms with E-state index in [1.165, 1.54) is 13.2 Å². The largest absolute Gasteiger partial charge is 0.464 e. The molecule has 0 saturated heterocycles. The van der Waals surface area contributed by atoms with Crippen LogP contribution in [0.1, 0.15) is 21.6 Å². The lowest BCUT2D eigenvalue weighted by atomic mass is 10.1. The molecular formula is C17H14N4O3. The maximum atomic E-state index is 12.2. The van der Waals surface area contributed by atoms with E-state index in [-0.39, 0.29) is 22.7 Å². The zero-order chi connectivity index (χ0) is 17.1. The molecule has 0 spiro atoms. The molecule has 2 aromatic heterocycles. The molecule has 0 amide bonds. The molecular weight excluding hydrogens is 308 g/mol. The number of hydrogen-bond acceptors (Lipinski definition) is 6. The van der Waals surface area contributed by atoms with Gasteiger partial charge in [-0.2, -0.15) is 4.98 Å². The summed E-state index contributed by atoms with van der Waals surface area (Å²) in [6.07, 6.45) is 3.55. The molecule has 120 valence electrons. The van der Waals surface area contributed by atoms with Crippen LogP contribution in [0.4, 0.5) is 5.95 Å². The van der Waals surface area contributed by atoms with Crippen molar-refractivity contribution in [3.63, 3.8) is 0 Å². The van der Waals surface area contributed by atoms with Crippen LogP contribution < -0.4 is 11.3 Å². The Bertz CT molecular complexity index is 994. The molecule has 0 fully saturated rings. The highest BCUT2D eigenvalue weighted by atomic mass is 16.5. The van der Waals surface area contributed by atoms with Gasteiger partial charge in [-0.15, -0.1) is 0 Å². The fraction of sp³-hybridized carbons (Fsp3) is 0.0588. The zero-order valence-corrected chi connectivity index (χ0v) is 12.8. The van der Waals surface area contributed by atoms with Gasteiger partial charge in [0.05, 0.1) is 12.5 Å². The second-order valence-electron chi connectivity index (χ2n) is 4.98. The molecule has 3 N–H and O–H groups in total. The van der Waals surface area contributed by atoms with Gasteiger partial charge >= 0.3 is 5.97 Å². The highest BCUT2D eigenvalue weighted by molar-refractivity contribution is 5.95. The Kier molecular flexibility index (Phi) is 4.07. The molecule has 0 aliphatic rings. The van der Waals surface area contributed by atoms with Crippen LogP contribution in [0.25, 0.3) is 23.2 Å². The molecule has 1 aromatic carbocycles. The number of pyridine rings is 1. The molecule has 0 unspecified atom stereocenters. The number of hydrogen-bond donors (Lipinski definition) is 2. The number of methoxy groups -OCH3 is 1. The second kappa shape index (κ2) is 6.33. The Morgan fingerprint density at radius 2 is 1.96 bits per heavy atom. The number of rotatable bonds is 3. The van der Waals surface area contributed by atoms with E-state index in [1.807, 2.05) is 36.4 Å². The molecule has 0 aliphatic carbocycles. The molecule has 0 radical (unpaired) electrons. The van der Waals surface area contributed by atoms with Crippen molar-refractivity contribution in [3.05, 3.63) is 63.6 Å². The van der Waals surface area contributed by atoms with E-state index in [2.05, 4.69) is 15.0 Å². The molecule has 0 aliphatic heterocycles. The summed E-state index contributed by atoms with van der Waals surface area (Å²) in [6.45, 7) is 0.